The Labute approximate surface area is 193 Å². The third kappa shape index (κ3) is 7.21. The van der Waals surface area contributed by atoms with Crippen LogP contribution in [0.4, 0.5) is 0 Å². The molecule has 0 aliphatic rings. The van der Waals surface area contributed by atoms with E-state index in [4.69, 9.17) is 14.2 Å². The third-order valence-electron chi connectivity index (χ3n) is 4.63. The lowest BCUT2D eigenvalue weighted by atomic mass is 10.1. The van der Waals surface area contributed by atoms with Crippen LogP contribution in [0, 0.1) is 0 Å². The van der Waals surface area contributed by atoms with Gasteiger partial charge in [-0.3, -0.25) is 4.79 Å². The molecule has 0 radical (unpaired) electrons. The van der Waals surface area contributed by atoms with Gasteiger partial charge in [-0.05, 0) is 60.0 Å². The minimum absolute atomic E-state index is 0.151. The van der Waals surface area contributed by atoms with Gasteiger partial charge in [0.2, 0.25) is 0 Å². The fourth-order valence-corrected chi connectivity index (χ4v) is 2.98. The summed E-state index contributed by atoms with van der Waals surface area (Å²) >= 11 is 0. The lowest BCUT2D eigenvalue weighted by molar-refractivity contribution is -0.123. The number of esters is 1. The molecule has 0 aliphatic carbocycles. The van der Waals surface area contributed by atoms with Gasteiger partial charge in [0.25, 0.3) is 5.91 Å². The molecule has 7 heteroatoms. The van der Waals surface area contributed by atoms with E-state index in [1.165, 1.54) is 18.9 Å². The van der Waals surface area contributed by atoms with Crippen LogP contribution in [-0.2, 0) is 11.2 Å². The molecule has 0 spiro atoms. The monoisotopic (exact) mass is 446 g/mol. The van der Waals surface area contributed by atoms with Crippen molar-refractivity contribution < 1.29 is 23.8 Å². The summed E-state index contributed by atoms with van der Waals surface area (Å²) in [5.74, 6) is 0.404. The molecular weight excluding hydrogens is 420 g/mol. The number of rotatable bonds is 10. The number of nitrogens with one attached hydrogen (secondary N) is 1. The molecule has 0 aromatic heterocycles. The van der Waals surface area contributed by atoms with Crippen molar-refractivity contribution in [3.8, 4) is 17.2 Å². The van der Waals surface area contributed by atoms with Gasteiger partial charge in [0.05, 0.1) is 18.9 Å². The first-order valence-electron chi connectivity index (χ1n) is 10.6. The average Bonchev–Trinajstić information content (AvgIpc) is 2.85. The molecule has 170 valence electrons. The van der Waals surface area contributed by atoms with Crippen LogP contribution in [0.2, 0.25) is 0 Å². The van der Waals surface area contributed by atoms with Gasteiger partial charge in [0, 0.05) is 0 Å². The van der Waals surface area contributed by atoms with E-state index in [-0.39, 0.29) is 18.3 Å². The molecule has 0 aliphatic heterocycles. The summed E-state index contributed by atoms with van der Waals surface area (Å²) in [6, 6.07) is 21.3. The standard InChI is InChI=1S/C26H26N2O5/c1-3-7-19-10-13-22(14-11-19)32-18-25(29)28-27-17-20-12-15-23(24(16-20)31-2)33-26(30)21-8-5-4-6-9-21/h4-6,8-17H,3,7,18H2,1-2H3,(H,28,29)/b27-17+. The summed E-state index contributed by atoms with van der Waals surface area (Å²) in [4.78, 5) is 24.2. The zero-order valence-corrected chi connectivity index (χ0v) is 18.6. The van der Waals surface area contributed by atoms with Crippen LogP contribution in [-0.4, -0.2) is 31.8 Å². The number of hydrazone groups is 1. The highest BCUT2D eigenvalue weighted by molar-refractivity contribution is 5.91. The predicted molar refractivity (Wildman–Crippen MR) is 126 cm³/mol. The molecule has 0 saturated heterocycles. The normalized spacial score (nSPS) is 10.6. The van der Waals surface area contributed by atoms with Crippen LogP contribution in [0.15, 0.2) is 77.9 Å². The number of methoxy groups -OCH3 is 1. The molecule has 33 heavy (non-hydrogen) atoms. The van der Waals surface area contributed by atoms with Crippen LogP contribution >= 0.6 is 0 Å². The van der Waals surface area contributed by atoms with Crippen LogP contribution in [0.1, 0.15) is 34.8 Å². The second-order valence-corrected chi connectivity index (χ2v) is 7.14. The van der Waals surface area contributed by atoms with Crippen molar-refractivity contribution in [1.82, 2.24) is 5.43 Å². The molecule has 7 nitrogen and oxygen atoms in total. The molecule has 0 saturated carbocycles. The third-order valence-corrected chi connectivity index (χ3v) is 4.63. The zero-order valence-electron chi connectivity index (χ0n) is 18.6. The lowest BCUT2D eigenvalue weighted by Gasteiger charge is -2.10. The fraction of sp³-hybridized carbons (Fsp3) is 0.192. The van der Waals surface area contributed by atoms with Crippen molar-refractivity contribution >= 4 is 18.1 Å². The fourth-order valence-electron chi connectivity index (χ4n) is 2.98. The quantitative estimate of drug-likeness (QED) is 0.216. The molecular formula is C26H26N2O5. The van der Waals surface area contributed by atoms with Crippen molar-refractivity contribution in [1.29, 1.82) is 0 Å². The maximum absolute atomic E-state index is 12.3. The number of nitrogens with zero attached hydrogens (tertiary/aromatic N) is 1. The summed E-state index contributed by atoms with van der Waals surface area (Å²) in [5.41, 5.74) is 4.74. The van der Waals surface area contributed by atoms with Gasteiger partial charge in [0.15, 0.2) is 18.1 Å². The molecule has 1 amide bonds. The van der Waals surface area contributed by atoms with E-state index in [1.807, 2.05) is 30.3 Å². The number of aryl methyl sites for hydroxylation is 1. The number of benzene rings is 3. The van der Waals surface area contributed by atoms with Crippen LogP contribution < -0.4 is 19.6 Å². The van der Waals surface area contributed by atoms with E-state index in [0.29, 0.717) is 22.6 Å². The second-order valence-electron chi connectivity index (χ2n) is 7.14. The molecule has 3 aromatic carbocycles. The summed E-state index contributed by atoms with van der Waals surface area (Å²) in [5, 5.41) is 3.94. The first kappa shape index (κ1) is 23.5. The molecule has 0 fully saturated rings. The van der Waals surface area contributed by atoms with E-state index in [2.05, 4.69) is 17.5 Å². The van der Waals surface area contributed by atoms with Crippen LogP contribution in [0.25, 0.3) is 0 Å². The van der Waals surface area contributed by atoms with Gasteiger partial charge in [0.1, 0.15) is 5.75 Å². The number of amides is 1. The van der Waals surface area contributed by atoms with E-state index in [0.717, 1.165) is 12.8 Å². The van der Waals surface area contributed by atoms with Crippen molar-refractivity contribution in [2.75, 3.05) is 13.7 Å². The average molecular weight is 447 g/mol. The summed E-state index contributed by atoms with van der Waals surface area (Å²) < 4.78 is 16.2. The van der Waals surface area contributed by atoms with Gasteiger partial charge >= 0.3 is 5.97 Å². The van der Waals surface area contributed by atoms with E-state index >= 15 is 0 Å². The largest absolute Gasteiger partial charge is 0.493 e. The number of ether oxygens (including phenoxy) is 3. The Morgan fingerprint density at radius 3 is 2.42 bits per heavy atom. The Kier molecular flexibility index (Phi) is 8.59. The Bertz CT molecular complexity index is 1100. The molecule has 0 heterocycles. The Morgan fingerprint density at radius 2 is 1.73 bits per heavy atom. The molecule has 3 aromatic rings. The van der Waals surface area contributed by atoms with Crippen LogP contribution in [0.3, 0.4) is 0 Å². The van der Waals surface area contributed by atoms with E-state index in [1.54, 1.807) is 42.5 Å². The number of hydrogen-bond acceptors (Lipinski definition) is 6. The second kappa shape index (κ2) is 12.0. The predicted octanol–water partition coefficient (Wildman–Crippen LogP) is 4.40. The van der Waals surface area contributed by atoms with Crippen molar-refractivity contribution in [3.05, 3.63) is 89.5 Å². The SMILES string of the molecule is CCCc1ccc(OCC(=O)N/N=C/c2ccc(OC(=O)c3ccccc3)c(OC)c2)cc1. The highest BCUT2D eigenvalue weighted by Gasteiger charge is 2.12. The topological polar surface area (TPSA) is 86.2 Å². The molecule has 0 bridgehead atoms. The Morgan fingerprint density at radius 1 is 0.970 bits per heavy atom. The van der Waals surface area contributed by atoms with Crippen molar-refractivity contribution in [2.24, 2.45) is 5.10 Å². The minimum Gasteiger partial charge on any atom is -0.493 e. The smallest absolute Gasteiger partial charge is 0.343 e. The molecule has 0 atom stereocenters. The Hall–Kier alpha value is -4.13. The van der Waals surface area contributed by atoms with Crippen molar-refractivity contribution in [2.45, 2.75) is 19.8 Å². The Balaban J connectivity index is 1.51. The first-order chi connectivity index (χ1) is 16.1. The summed E-state index contributed by atoms with van der Waals surface area (Å²) in [7, 11) is 1.48. The van der Waals surface area contributed by atoms with Gasteiger partial charge in [-0.25, -0.2) is 10.2 Å². The van der Waals surface area contributed by atoms with E-state index in [9.17, 15) is 9.59 Å². The van der Waals surface area contributed by atoms with Crippen LogP contribution in [0.5, 0.6) is 17.2 Å². The molecule has 0 unspecified atom stereocenters. The summed E-state index contributed by atoms with van der Waals surface area (Å²) in [6.45, 7) is 1.97. The first-order valence-corrected chi connectivity index (χ1v) is 10.6. The highest BCUT2D eigenvalue weighted by atomic mass is 16.6. The van der Waals surface area contributed by atoms with E-state index < -0.39 is 5.97 Å². The number of carbonyl (C=O) groups excluding carboxylic acids is 2. The molecule has 3 rings (SSSR count). The maximum Gasteiger partial charge on any atom is 0.343 e. The summed E-state index contributed by atoms with van der Waals surface area (Å²) in [6.07, 6.45) is 3.55. The van der Waals surface area contributed by atoms with Gasteiger partial charge in [-0.15, -0.1) is 0 Å². The van der Waals surface area contributed by atoms with Gasteiger partial charge in [-0.1, -0.05) is 43.7 Å². The van der Waals surface area contributed by atoms with Crippen molar-refractivity contribution in [3.63, 3.8) is 0 Å². The van der Waals surface area contributed by atoms with Gasteiger partial charge in [-0.2, -0.15) is 5.10 Å². The number of hydrogen-bond donors (Lipinski definition) is 1. The zero-order chi connectivity index (χ0) is 23.5. The highest BCUT2D eigenvalue weighted by Crippen LogP contribution is 2.28. The number of carbonyl (C=O) groups is 2. The maximum atomic E-state index is 12.3. The van der Waals surface area contributed by atoms with Gasteiger partial charge < -0.3 is 14.2 Å². The lowest BCUT2D eigenvalue weighted by Crippen LogP contribution is -2.24. The molecule has 1 N–H and O–H groups in total. The minimum atomic E-state index is -0.484.